The van der Waals surface area contributed by atoms with Crippen LogP contribution in [0.15, 0.2) is 79.1 Å². The van der Waals surface area contributed by atoms with E-state index < -0.39 is 0 Å². The topological polar surface area (TPSA) is 66.9 Å². The minimum atomic E-state index is -0.268. The molecule has 0 spiro atoms. The molecule has 0 saturated carbocycles. The Morgan fingerprint density at radius 3 is 2.34 bits per heavy atom. The van der Waals surface area contributed by atoms with E-state index in [-0.39, 0.29) is 5.91 Å². The highest BCUT2D eigenvalue weighted by atomic mass is 16.1. The van der Waals surface area contributed by atoms with Crippen molar-refractivity contribution in [1.29, 1.82) is 0 Å². The molecule has 2 heterocycles. The Kier molecular flexibility index (Phi) is 5.20. The maximum absolute atomic E-state index is 12.6. The van der Waals surface area contributed by atoms with Gasteiger partial charge in [-0.15, -0.1) is 0 Å². The van der Waals surface area contributed by atoms with Crippen LogP contribution in [-0.2, 0) is 0 Å². The predicted molar refractivity (Wildman–Crippen MR) is 118 cm³/mol. The maximum atomic E-state index is 12.6. The van der Waals surface area contributed by atoms with Crippen LogP contribution in [0.4, 0.5) is 17.1 Å². The first-order valence-electron chi connectivity index (χ1n) is 9.58. The summed E-state index contributed by atoms with van der Waals surface area (Å²) in [5.41, 5.74) is 4.87. The van der Waals surface area contributed by atoms with Crippen LogP contribution >= 0.6 is 0 Å². The molecule has 0 saturated heterocycles. The summed E-state index contributed by atoms with van der Waals surface area (Å²) in [6, 6.07) is 21.4. The van der Waals surface area contributed by atoms with Crippen LogP contribution in [0.2, 0.25) is 0 Å². The van der Waals surface area contributed by atoms with Gasteiger partial charge in [-0.25, -0.2) is 4.98 Å². The molecule has 144 valence electrons. The van der Waals surface area contributed by atoms with E-state index >= 15 is 0 Å². The van der Waals surface area contributed by atoms with Gasteiger partial charge in [0, 0.05) is 17.3 Å². The minimum Gasteiger partial charge on any atom is -0.354 e. The largest absolute Gasteiger partial charge is 0.354 e. The lowest BCUT2D eigenvalue weighted by Crippen LogP contribution is -2.14. The van der Waals surface area contributed by atoms with Crippen LogP contribution < -0.4 is 10.6 Å². The predicted octanol–water partition coefficient (Wildman–Crippen LogP) is 5.75. The molecule has 4 rings (SSSR count). The molecular weight excluding hydrogens is 360 g/mol. The number of pyridine rings is 2. The van der Waals surface area contributed by atoms with Gasteiger partial charge >= 0.3 is 0 Å². The lowest BCUT2D eigenvalue weighted by Gasteiger charge is -2.10. The summed E-state index contributed by atoms with van der Waals surface area (Å²) in [5, 5.41) is 7.18. The fraction of sp³-hybridized carbons (Fsp3) is 0.125. The summed E-state index contributed by atoms with van der Waals surface area (Å²) in [6.45, 7) is 4.34. The Morgan fingerprint density at radius 2 is 1.62 bits per heavy atom. The zero-order valence-electron chi connectivity index (χ0n) is 16.4. The van der Waals surface area contributed by atoms with Gasteiger partial charge in [-0.2, -0.15) is 0 Å². The lowest BCUT2D eigenvalue weighted by molar-refractivity contribution is 0.102. The molecular formula is C24H22N4O. The summed E-state index contributed by atoms with van der Waals surface area (Å²) in [6.07, 6.45) is 3.37. The molecule has 0 aliphatic carbocycles. The first-order chi connectivity index (χ1) is 14.1. The van der Waals surface area contributed by atoms with Crippen molar-refractivity contribution in [2.24, 2.45) is 0 Å². The second-order valence-corrected chi connectivity index (χ2v) is 7.17. The average Bonchev–Trinajstić information content (AvgIpc) is 2.75. The monoisotopic (exact) mass is 382 g/mol. The first kappa shape index (κ1) is 18.6. The Balaban J connectivity index is 1.46. The molecule has 0 bridgehead atoms. The number of para-hydroxylation sites is 1. The van der Waals surface area contributed by atoms with Gasteiger partial charge in [0.05, 0.1) is 23.1 Å². The van der Waals surface area contributed by atoms with Crippen molar-refractivity contribution >= 4 is 33.9 Å². The number of hydrogen-bond acceptors (Lipinski definition) is 4. The van der Waals surface area contributed by atoms with Crippen LogP contribution in [0.25, 0.3) is 10.9 Å². The fourth-order valence-electron chi connectivity index (χ4n) is 3.11. The van der Waals surface area contributed by atoms with Crippen molar-refractivity contribution in [3.8, 4) is 0 Å². The van der Waals surface area contributed by atoms with E-state index in [2.05, 4.69) is 46.6 Å². The Bertz CT molecular complexity index is 1130. The second kappa shape index (κ2) is 8.10. The summed E-state index contributed by atoms with van der Waals surface area (Å²) < 4.78 is 0. The van der Waals surface area contributed by atoms with Gasteiger partial charge in [0.2, 0.25) is 0 Å². The molecule has 2 N–H and O–H groups in total. The highest BCUT2D eigenvalue weighted by molar-refractivity contribution is 6.07. The molecule has 0 fully saturated rings. The van der Waals surface area contributed by atoms with Gasteiger partial charge in [-0.05, 0) is 47.9 Å². The van der Waals surface area contributed by atoms with Gasteiger partial charge in [-0.3, -0.25) is 9.78 Å². The summed E-state index contributed by atoms with van der Waals surface area (Å²) in [7, 11) is 0. The van der Waals surface area contributed by atoms with Gasteiger partial charge in [-0.1, -0.05) is 44.2 Å². The Labute approximate surface area is 169 Å². The average molecular weight is 382 g/mol. The van der Waals surface area contributed by atoms with Crippen molar-refractivity contribution in [3.05, 3.63) is 90.4 Å². The van der Waals surface area contributed by atoms with Gasteiger partial charge in [0.1, 0.15) is 5.69 Å². The van der Waals surface area contributed by atoms with Crippen molar-refractivity contribution in [3.63, 3.8) is 0 Å². The molecule has 0 aliphatic heterocycles. The molecule has 1 amide bonds. The van der Waals surface area contributed by atoms with E-state index in [0.29, 0.717) is 17.3 Å². The SMILES string of the molecule is CC(C)c1ccc(Nc2ccc(C(=O)Nc3cccc4cccnc34)nc2)cc1. The molecule has 2 aromatic carbocycles. The van der Waals surface area contributed by atoms with Crippen LogP contribution in [-0.4, -0.2) is 15.9 Å². The quantitative estimate of drug-likeness (QED) is 0.461. The molecule has 5 heteroatoms. The third-order valence-corrected chi connectivity index (χ3v) is 4.74. The summed E-state index contributed by atoms with van der Waals surface area (Å²) in [5.74, 6) is 0.233. The van der Waals surface area contributed by atoms with Crippen LogP contribution in [0.1, 0.15) is 35.8 Å². The fourth-order valence-corrected chi connectivity index (χ4v) is 3.11. The van der Waals surface area contributed by atoms with Crippen LogP contribution in [0.3, 0.4) is 0 Å². The van der Waals surface area contributed by atoms with E-state index in [1.54, 1.807) is 18.5 Å². The van der Waals surface area contributed by atoms with Crippen LogP contribution in [0, 0.1) is 0 Å². The Hall–Kier alpha value is -3.73. The zero-order valence-corrected chi connectivity index (χ0v) is 16.4. The zero-order chi connectivity index (χ0) is 20.2. The summed E-state index contributed by atoms with van der Waals surface area (Å²) >= 11 is 0. The third kappa shape index (κ3) is 4.24. The number of nitrogens with zero attached hydrogens (tertiary/aromatic N) is 2. The number of amides is 1. The highest BCUT2D eigenvalue weighted by Gasteiger charge is 2.10. The molecule has 4 aromatic rings. The number of nitrogens with one attached hydrogen (secondary N) is 2. The van der Waals surface area contributed by atoms with Gasteiger partial charge < -0.3 is 10.6 Å². The Morgan fingerprint density at radius 1 is 0.862 bits per heavy atom. The highest BCUT2D eigenvalue weighted by Crippen LogP contribution is 2.22. The lowest BCUT2D eigenvalue weighted by atomic mass is 10.0. The van der Waals surface area contributed by atoms with Crippen molar-refractivity contribution < 1.29 is 4.79 Å². The number of rotatable bonds is 5. The summed E-state index contributed by atoms with van der Waals surface area (Å²) in [4.78, 5) is 21.3. The standard InChI is InChI=1S/C24H22N4O/c1-16(2)17-8-10-19(11-9-17)27-20-12-13-22(26-15-20)24(29)28-21-7-3-5-18-6-4-14-25-23(18)21/h3-16,27H,1-2H3,(H,28,29). The minimum absolute atomic E-state index is 0.268. The van der Waals surface area contributed by atoms with E-state index in [1.165, 1.54) is 5.56 Å². The van der Waals surface area contributed by atoms with Crippen molar-refractivity contribution in [2.75, 3.05) is 10.6 Å². The molecule has 0 radical (unpaired) electrons. The number of hydrogen-bond donors (Lipinski definition) is 2. The number of benzene rings is 2. The van der Waals surface area contributed by atoms with Crippen molar-refractivity contribution in [1.82, 2.24) is 9.97 Å². The molecule has 5 nitrogen and oxygen atoms in total. The number of fused-ring (bicyclic) bond motifs is 1. The number of carbonyl (C=O) groups is 1. The van der Waals surface area contributed by atoms with Gasteiger partial charge in [0.25, 0.3) is 5.91 Å². The number of carbonyl (C=O) groups excluding carboxylic acids is 1. The van der Waals surface area contributed by atoms with E-state index in [4.69, 9.17) is 0 Å². The first-order valence-corrected chi connectivity index (χ1v) is 9.58. The number of aromatic nitrogens is 2. The second-order valence-electron chi connectivity index (χ2n) is 7.17. The van der Waals surface area contributed by atoms with Gasteiger partial charge in [0.15, 0.2) is 0 Å². The number of anilines is 3. The normalized spacial score (nSPS) is 10.9. The van der Waals surface area contributed by atoms with Crippen LogP contribution in [0.5, 0.6) is 0 Å². The van der Waals surface area contributed by atoms with E-state index in [0.717, 1.165) is 22.3 Å². The van der Waals surface area contributed by atoms with Crippen molar-refractivity contribution in [2.45, 2.75) is 19.8 Å². The smallest absolute Gasteiger partial charge is 0.274 e. The van der Waals surface area contributed by atoms with E-state index in [9.17, 15) is 4.79 Å². The molecule has 2 aromatic heterocycles. The maximum Gasteiger partial charge on any atom is 0.274 e. The molecule has 0 atom stereocenters. The molecule has 0 aliphatic rings. The molecule has 29 heavy (non-hydrogen) atoms. The van der Waals surface area contributed by atoms with E-state index in [1.807, 2.05) is 48.5 Å². The third-order valence-electron chi connectivity index (χ3n) is 4.74. The molecule has 0 unspecified atom stereocenters.